The number of benzene rings is 2. The van der Waals surface area contributed by atoms with Crippen molar-refractivity contribution in [2.75, 3.05) is 48.8 Å². The predicted octanol–water partition coefficient (Wildman–Crippen LogP) is 4.39. The largest absolute Gasteiger partial charge is 0.368 e. The van der Waals surface area contributed by atoms with E-state index in [0.29, 0.717) is 11.4 Å². The van der Waals surface area contributed by atoms with Crippen LogP contribution >= 0.6 is 11.6 Å². The van der Waals surface area contributed by atoms with Gasteiger partial charge in [0.15, 0.2) is 0 Å². The summed E-state index contributed by atoms with van der Waals surface area (Å²) in [7, 11) is -3.88. The Kier molecular flexibility index (Phi) is 8.29. The number of hydrogen-bond acceptors (Lipinski definition) is 5. The Morgan fingerprint density at radius 3 is 2.53 bits per heavy atom. The molecule has 1 aliphatic carbocycles. The maximum absolute atomic E-state index is 13.9. The molecular formula is C27H37ClN4O3S. The van der Waals surface area contributed by atoms with Crippen molar-refractivity contribution < 1.29 is 13.2 Å². The average molecular weight is 533 g/mol. The van der Waals surface area contributed by atoms with E-state index in [0.717, 1.165) is 57.5 Å². The van der Waals surface area contributed by atoms with Crippen molar-refractivity contribution in [2.24, 2.45) is 5.41 Å². The number of likely N-dealkylation sites (N-methyl/N-ethyl adjacent to an activating group) is 1. The summed E-state index contributed by atoms with van der Waals surface area (Å²) in [6.45, 7) is 9.87. The first-order valence-electron chi connectivity index (χ1n) is 12.7. The molecule has 1 fully saturated rings. The molecule has 0 aromatic heterocycles. The predicted molar refractivity (Wildman–Crippen MR) is 146 cm³/mol. The fraction of sp³-hybridized carbons (Fsp3) is 0.519. The molecule has 0 bridgehead atoms. The molecule has 2 aromatic rings. The third kappa shape index (κ3) is 5.88. The molecule has 36 heavy (non-hydrogen) atoms. The van der Waals surface area contributed by atoms with Gasteiger partial charge in [0.1, 0.15) is 4.90 Å². The summed E-state index contributed by atoms with van der Waals surface area (Å²) >= 11 is 5.98. The number of nitrogens with one attached hydrogen (secondary N) is 2. The lowest BCUT2D eigenvalue weighted by atomic mass is 9.88. The van der Waals surface area contributed by atoms with Crippen LogP contribution < -0.4 is 14.9 Å². The van der Waals surface area contributed by atoms with Crippen LogP contribution in [0, 0.1) is 5.41 Å². The van der Waals surface area contributed by atoms with E-state index in [9.17, 15) is 13.2 Å². The van der Waals surface area contributed by atoms with Crippen LogP contribution in [0.5, 0.6) is 0 Å². The number of halogens is 1. The number of carbonyl (C=O) groups excluding carboxylic acids is 1. The van der Waals surface area contributed by atoms with Crippen LogP contribution in [0.3, 0.4) is 0 Å². The third-order valence-corrected chi connectivity index (χ3v) is 9.45. The molecule has 0 unspecified atom stereocenters. The van der Waals surface area contributed by atoms with Crippen LogP contribution in [-0.4, -0.2) is 57.8 Å². The lowest BCUT2D eigenvalue weighted by Crippen LogP contribution is -2.46. The zero-order valence-corrected chi connectivity index (χ0v) is 23.0. The highest BCUT2D eigenvalue weighted by Crippen LogP contribution is 2.34. The minimum absolute atomic E-state index is 0.159. The maximum atomic E-state index is 13.9. The van der Waals surface area contributed by atoms with Crippen LogP contribution in [-0.2, 0) is 21.2 Å². The van der Waals surface area contributed by atoms with Crippen molar-refractivity contribution >= 4 is 38.9 Å². The Morgan fingerprint density at radius 2 is 1.83 bits per heavy atom. The lowest BCUT2D eigenvalue weighted by molar-refractivity contribution is -0.122. The first-order valence-corrected chi connectivity index (χ1v) is 14.8. The third-order valence-electron chi connectivity index (χ3n) is 7.28. The molecule has 2 aliphatic rings. The quantitative estimate of drug-likeness (QED) is 0.493. The van der Waals surface area contributed by atoms with Crippen molar-refractivity contribution in [3.63, 3.8) is 0 Å². The van der Waals surface area contributed by atoms with Crippen molar-refractivity contribution in [1.29, 1.82) is 0 Å². The Morgan fingerprint density at radius 1 is 1.11 bits per heavy atom. The summed E-state index contributed by atoms with van der Waals surface area (Å²) in [4.78, 5) is 17.4. The SMILES string of the molecule is CCN1CCN(c2ccc(NC(=O)C(C)(C)CCl)cc2S(=O)(=O)N[C@@H]2CCCc3ccccc32)CC1. The average Bonchev–Trinajstić information content (AvgIpc) is 2.88. The molecule has 1 aliphatic heterocycles. The number of anilines is 2. The molecule has 0 saturated carbocycles. The number of hydrogen-bond donors (Lipinski definition) is 2. The van der Waals surface area contributed by atoms with Gasteiger partial charge in [0.25, 0.3) is 0 Å². The van der Waals surface area contributed by atoms with Gasteiger partial charge in [-0.05, 0) is 69.0 Å². The van der Waals surface area contributed by atoms with Crippen molar-refractivity contribution in [3.05, 3.63) is 53.6 Å². The molecule has 7 nitrogen and oxygen atoms in total. The number of piperazine rings is 1. The van der Waals surface area contributed by atoms with E-state index in [2.05, 4.69) is 32.8 Å². The Bertz CT molecular complexity index is 1190. The van der Waals surface area contributed by atoms with Gasteiger partial charge < -0.3 is 15.1 Å². The van der Waals surface area contributed by atoms with Gasteiger partial charge in [0.2, 0.25) is 15.9 Å². The minimum atomic E-state index is -3.88. The summed E-state index contributed by atoms with van der Waals surface area (Å²) in [6, 6.07) is 12.9. The molecule has 2 N–H and O–H groups in total. The summed E-state index contributed by atoms with van der Waals surface area (Å²) in [5.74, 6) is -0.0915. The van der Waals surface area contributed by atoms with E-state index in [1.807, 2.05) is 24.3 Å². The van der Waals surface area contributed by atoms with Crippen LogP contribution in [0.4, 0.5) is 11.4 Å². The van der Waals surface area contributed by atoms with Gasteiger partial charge in [0, 0.05) is 43.8 Å². The summed E-state index contributed by atoms with van der Waals surface area (Å²) < 4.78 is 30.8. The summed E-state index contributed by atoms with van der Waals surface area (Å²) in [5.41, 5.74) is 2.56. The second kappa shape index (κ2) is 11.1. The monoisotopic (exact) mass is 532 g/mol. The number of aryl methyl sites for hydroxylation is 1. The maximum Gasteiger partial charge on any atom is 0.243 e. The standard InChI is InChI=1S/C27H37ClN4O3S/c1-4-31-14-16-32(17-15-31)24-13-12-21(29-26(33)27(2,3)19-28)18-25(24)36(34,35)30-23-11-7-9-20-8-5-6-10-22(20)23/h5-6,8,10,12-13,18,23,30H,4,7,9,11,14-17,19H2,1-3H3,(H,29,33)/t23-/m1/s1. The number of carbonyl (C=O) groups is 1. The fourth-order valence-corrected chi connectivity index (χ4v) is 6.48. The van der Waals surface area contributed by atoms with E-state index in [4.69, 9.17) is 11.6 Å². The molecule has 1 heterocycles. The number of nitrogens with zero attached hydrogens (tertiary/aromatic N) is 2. The Balaban J connectivity index is 1.68. The van der Waals surface area contributed by atoms with E-state index in [-0.39, 0.29) is 22.7 Å². The lowest BCUT2D eigenvalue weighted by Gasteiger charge is -2.36. The zero-order valence-electron chi connectivity index (χ0n) is 21.4. The zero-order chi connectivity index (χ0) is 25.9. The molecule has 0 radical (unpaired) electrons. The van der Waals surface area contributed by atoms with Gasteiger partial charge in [-0.3, -0.25) is 4.79 Å². The fourth-order valence-electron chi connectivity index (χ4n) is 4.86. The van der Waals surface area contributed by atoms with Crippen LogP contribution in [0.1, 0.15) is 50.8 Å². The Hall–Kier alpha value is -2.13. The van der Waals surface area contributed by atoms with E-state index < -0.39 is 15.4 Å². The van der Waals surface area contributed by atoms with Gasteiger partial charge >= 0.3 is 0 Å². The normalized spacial score (nSPS) is 19.1. The molecule has 2 aromatic carbocycles. The van der Waals surface area contributed by atoms with Crippen molar-refractivity contribution in [2.45, 2.75) is 51.0 Å². The van der Waals surface area contributed by atoms with Crippen LogP contribution in [0.15, 0.2) is 47.4 Å². The highest BCUT2D eigenvalue weighted by atomic mass is 35.5. The second-order valence-electron chi connectivity index (χ2n) is 10.3. The first-order chi connectivity index (χ1) is 17.1. The molecule has 1 atom stereocenters. The second-order valence-corrected chi connectivity index (χ2v) is 12.3. The Labute approximate surface area is 220 Å². The number of sulfonamides is 1. The number of rotatable bonds is 8. The van der Waals surface area contributed by atoms with Gasteiger partial charge in [-0.25, -0.2) is 13.1 Å². The summed E-state index contributed by atoms with van der Waals surface area (Å²) in [5, 5.41) is 2.87. The number of fused-ring (bicyclic) bond motifs is 1. The number of alkyl halides is 1. The number of amides is 1. The molecule has 1 amide bonds. The van der Waals surface area contributed by atoms with Gasteiger partial charge in [-0.2, -0.15) is 0 Å². The van der Waals surface area contributed by atoms with Crippen LogP contribution in [0.25, 0.3) is 0 Å². The van der Waals surface area contributed by atoms with E-state index in [1.165, 1.54) is 5.56 Å². The highest BCUT2D eigenvalue weighted by molar-refractivity contribution is 7.89. The summed E-state index contributed by atoms with van der Waals surface area (Å²) in [6.07, 6.45) is 2.64. The van der Waals surface area contributed by atoms with Gasteiger partial charge in [-0.1, -0.05) is 31.2 Å². The molecule has 1 saturated heterocycles. The van der Waals surface area contributed by atoms with E-state index >= 15 is 0 Å². The molecule has 9 heteroatoms. The highest BCUT2D eigenvalue weighted by Gasteiger charge is 2.31. The molecule has 0 spiro atoms. The topological polar surface area (TPSA) is 81.8 Å². The van der Waals surface area contributed by atoms with E-state index in [1.54, 1.807) is 26.0 Å². The first kappa shape index (κ1) is 26.9. The van der Waals surface area contributed by atoms with Crippen LogP contribution in [0.2, 0.25) is 0 Å². The minimum Gasteiger partial charge on any atom is -0.368 e. The van der Waals surface area contributed by atoms with Gasteiger partial charge in [-0.15, -0.1) is 11.6 Å². The van der Waals surface area contributed by atoms with Gasteiger partial charge in [0.05, 0.1) is 11.1 Å². The van der Waals surface area contributed by atoms with Crippen molar-refractivity contribution in [1.82, 2.24) is 9.62 Å². The molecule has 4 rings (SSSR count). The van der Waals surface area contributed by atoms with Crippen molar-refractivity contribution in [3.8, 4) is 0 Å². The smallest absolute Gasteiger partial charge is 0.243 e. The molecule has 196 valence electrons. The molecular weight excluding hydrogens is 496 g/mol.